The van der Waals surface area contributed by atoms with Crippen LogP contribution in [0.1, 0.15) is 27.2 Å². The number of carbonyl (C=O) groups is 2. The van der Waals surface area contributed by atoms with Crippen molar-refractivity contribution in [3.8, 4) is 11.1 Å². The van der Waals surface area contributed by atoms with Gasteiger partial charge in [0.05, 0.1) is 12.2 Å². The molecular weight excluding hydrogens is 459 g/mol. The second-order valence-corrected chi connectivity index (χ2v) is 10.3. The van der Waals surface area contributed by atoms with E-state index in [9.17, 15) is 22.8 Å². The first kappa shape index (κ1) is 24.8. The number of rotatable bonds is 4. The summed E-state index contributed by atoms with van der Waals surface area (Å²) in [5, 5.41) is 2.76. The predicted molar refractivity (Wildman–Crippen MR) is 128 cm³/mol. The van der Waals surface area contributed by atoms with E-state index in [1.54, 1.807) is 23.1 Å². The van der Waals surface area contributed by atoms with E-state index in [0.717, 1.165) is 0 Å². The number of urea groups is 1. The molecule has 0 radical (unpaired) electrons. The Kier molecular flexibility index (Phi) is 6.66. The van der Waals surface area contributed by atoms with Gasteiger partial charge >= 0.3 is 6.03 Å². The summed E-state index contributed by atoms with van der Waals surface area (Å²) in [6, 6.07) is 7.02. The average Bonchev–Trinajstić information content (AvgIpc) is 3.14. The number of nitrogens with zero attached hydrogens (tertiary/aromatic N) is 4. The molecule has 2 fully saturated rings. The van der Waals surface area contributed by atoms with Crippen LogP contribution in [0.15, 0.2) is 36.5 Å². The lowest BCUT2D eigenvalue weighted by Gasteiger charge is -2.37. The van der Waals surface area contributed by atoms with Crippen LogP contribution in [0.25, 0.3) is 11.1 Å². The molecule has 4 rings (SSSR count). The molecule has 3 heterocycles. The molecule has 0 bridgehead atoms. The molecule has 35 heavy (non-hydrogen) atoms. The van der Waals surface area contributed by atoms with Crippen LogP contribution in [0.5, 0.6) is 0 Å². The Balaban J connectivity index is 1.62. The quantitative estimate of drug-likeness (QED) is 0.689. The van der Waals surface area contributed by atoms with Gasteiger partial charge in [0, 0.05) is 49.9 Å². The SMILES string of the molecule is CC(C)(C)CN1CCN(C(=O)Nc2c(-c3ccccc3F)ccnc2N2CCC(F)(F)C2)CC1=O. The minimum atomic E-state index is -2.88. The minimum Gasteiger partial charge on any atom is -0.349 e. The first-order valence-electron chi connectivity index (χ1n) is 11.6. The Morgan fingerprint density at radius 2 is 1.86 bits per heavy atom. The van der Waals surface area contributed by atoms with Gasteiger partial charge in [0.2, 0.25) is 5.91 Å². The number of carbonyl (C=O) groups excluding carboxylic acids is 2. The molecule has 188 valence electrons. The molecule has 2 aliphatic rings. The number of nitrogens with one attached hydrogen (secondary N) is 1. The second kappa shape index (κ2) is 9.39. The van der Waals surface area contributed by atoms with E-state index >= 15 is 0 Å². The van der Waals surface area contributed by atoms with Crippen molar-refractivity contribution in [3.05, 3.63) is 42.3 Å². The molecule has 2 aliphatic heterocycles. The first-order chi connectivity index (χ1) is 16.4. The third-order valence-electron chi connectivity index (χ3n) is 6.07. The third-order valence-corrected chi connectivity index (χ3v) is 6.07. The molecule has 0 aliphatic carbocycles. The largest absolute Gasteiger partial charge is 0.349 e. The highest BCUT2D eigenvalue weighted by Crippen LogP contribution is 2.39. The Labute approximate surface area is 202 Å². The highest BCUT2D eigenvalue weighted by molar-refractivity contribution is 6.00. The Morgan fingerprint density at radius 1 is 1.11 bits per heavy atom. The predicted octanol–water partition coefficient (Wildman–Crippen LogP) is 4.46. The fourth-order valence-corrected chi connectivity index (χ4v) is 4.44. The molecule has 7 nitrogen and oxygen atoms in total. The molecule has 1 aromatic heterocycles. The van der Waals surface area contributed by atoms with E-state index in [1.807, 2.05) is 20.8 Å². The number of pyridine rings is 1. The van der Waals surface area contributed by atoms with Crippen molar-refractivity contribution in [3.63, 3.8) is 0 Å². The number of benzene rings is 1. The van der Waals surface area contributed by atoms with Gasteiger partial charge in [-0.25, -0.2) is 22.9 Å². The zero-order valence-electron chi connectivity index (χ0n) is 20.2. The lowest BCUT2D eigenvalue weighted by Crippen LogP contribution is -2.54. The molecule has 2 aromatic rings. The fraction of sp³-hybridized carbons (Fsp3) is 0.480. The lowest BCUT2D eigenvalue weighted by molar-refractivity contribution is -0.136. The molecule has 0 unspecified atom stereocenters. The highest BCUT2D eigenvalue weighted by atomic mass is 19.3. The maximum Gasteiger partial charge on any atom is 0.322 e. The number of hydrogen-bond donors (Lipinski definition) is 1. The van der Waals surface area contributed by atoms with Gasteiger partial charge in [0.15, 0.2) is 5.82 Å². The van der Waals surface area contributed by atoms with Crippen LogP contribution in [0.3, 0.4) is 0 Å². The van der Waals surface area contributed by atoms with Crippen LogP contribution in [-0.4, -0.2) is 71.9 Å². The van der Waals surface area contributed by atoms with Gasteiger partial charge in [-0.15, -0.1) is 0 Å². The number of piperazine rings is 1. The zero-order chi connectivity index (χ0) is 25.4. The minimum absolute atomic E-state index is 0.0492. The molecular formula is C25H30F3N5O2. The summed E-state index contributed by atoms with van der Waals surface area (Å²) in [4.78, 5) is 34.7. The summed E-state index contributed by atoms with van der Waals surface area (Å²) in [5.41, 5.74) is 0.611. The summed E-state index contributed by atoms with van der Waals surface area (Å²) < 4.78 is 42.6. The van der Waals surface area contributed by atoms with Crippen molar-refractivity contribution >= 4 is 23.4 Å². The summed E-state index contributed by atoms with van der Waals surface area (Å²) in [7, 11) is 0. The Bertz CT molecular complexity index is 1120. The van der Waals surface area contributed by atoms with Crippen molar-refractivity contribution in [2.75, 3.05) is 49.5 Å². The molecule has 1 N–H and O–H groups in total. The van der Waals surface area contributed by atoms with E-state index in [2.05, 4.69) is 10.3 Å². The second-order valence-electron chi connectivity index (χ2n) is 10.3. The Morgan fingerprint density at radius 3 is 2.49 bits per heavy atom. The number of alkyl halides is 2. The first-order valence-corrected chi connectivity index (χ1v) is 11.6. The zero-order valence-corrected chi connectivity index (χ0v) is 20.2. The van der Waals surface area contributed by atoms with Gasteiger partial charge in [-0.3, -0.25) is 4.79 Å². The van der Waals surface area contributed by atoms with Crippen molar-refractivity contribution in [1.29, 1.82) is 0 Å². The van der Waals surface area contributed by atoms with Gasteiger partial charge in [-0.2, -0.15) is 0 Å². The summed E-state index contributed by atoms with van der Waals surface area (Å²) in [5.74, 6) is -3.42. The van der Waals surface area contributed by atoms with Crippen molar-refractivity contribution < 1.29 is 22.8 Å². The summed E-state index contributed by atoms with van der Waals surface area (Å²) in [6.07, 6.45) is 1.08. The topological polar surface area (TPSA) is 68.8 Å². The number of aromatic nitrogens is 1. The molecule has 0 saturated carbocycles. The standard InChI is InChI=1S/C25H30F3N5O2/c1-24(2,3)15-32-13-12-31(14-20(32)34)23(35)30-21-18(17-6-4-5-7-19(17)26)8-10-29-22(21)33-11-9-25(27,28)16-33/h4-8,10H,9,11-16H2,1-3H3,(H,30,35). The maximum absolute atomic E-state index is 14.7. The van der Waals surface area contributed by atoms with Gasteiger partial charge in [-0.1, -0.05) is 39.0 Å². The van der Waals surface area contributed by atoms with Crippen LogP contribution >= 0.6 is 0 Å². The smallest absolute Gasteiger partial charge is 0.322 e. The maximum atomic E-state index is 14.7. The third kappa shape index (κ3) is 5.68. The molecule has 1 aromatic carbocycles. The van der Waals surface area contributed by atoms with Crippen LogP contribution < -0.4 is 10.2 Å². The number of hydrogen-bond acceptors (Lipinski definition) is 4. The average molecular weight is 490 g/mol. The normalized spacial score (nSPS) is 18.2. The van der Waals surface area contributed by atoms with Gasteiger partial charge in [0.25, 0.3) is 5.92 Å². The number of amides is 3. The highest BCUT2D eigenvalue weighted by Gasteiger charge is 2.40. The molecule has 10 heteroatoms. The van der Waals surface area contributed by atoms with Crippen LogP contribution in [0.4, 0.5) is 29.5 Å². The van der Waals surface area contributed by atoms with Crippen molar-refractivity contribution in [2.24, 2.45) is 5.41 Å². The van der Waals surface area contributed by atoms with E-state index in [4.69, 9.17) is 0 Å². The lowest BCUT2D eigenvalue weighted by atomic mass is 9.95. The molecule has 2 saturated heterocycles. The fourth-order valence-electron chi connectivity index (χ4n) is 4.44. The van der Waals surface area contributed by atoms with Crippen molar-refractivity contribution in [1.82, 2.24) is 14.8 Å². The van der Waals surface area contributed by atoms with Crippen LogP contribution in [0, 0.1) is 11.2 Å². The van der Waals surface area contributed by atoms with Crippen LogP contribution in [0.2, 0.25) is 0 Å². The Hall–Kier alpha value is -3.30. The van der Waals surface area contributed by atoms with E-state index in [1.165, 1.54) is 28.1 Å². The molecule has 0 spiro atoms. The van der Waals surface area contributed by atoms with E-state index in [-0.39, 0.29) is 47.9 Å². The molecule has 0 atom stereocenters. The van der Waals surface area contributed by atoms with Crippen molar-refractivity contribution in [2.45, 2.75) is 33.1 Å². The number of halogens is 3. The van der Waals surface area contributed by atoms with E-state index in [0.29, 0.717) is 25.2 Å². The summed E-state index contributed by atoms with van der Waals surface area (Å²) >= 11 is 0. The monoisotopic (exact) mass is 489 g/mol. The van der Waals surface area contributed by atoms with Gasteiger partial charge in [0.1, 0.15) is 12.4 Å². The molecule has 3 amide bonds. The van der Waals surface area contributed by atoms with E-state index < -0.39 is 24.3 Å². The van der Waals surface area contributed by atoms with Crippen LogP contribution in [-0.2, 0) is 4.79 Å². The number of anilines is 2. The van der Waals surface area contributed by atoms with Gasteiger partial charge in [-0.05, 0) is 17.5 Å². The summed E-state index contributed by atoms with van der Waals surface area (Å²) in [6.45, 7) is 6.80. The van der Waals surface area contributed by atoms with Gasteiger partial charge < -0.3 is 20.0 Å².